The summed E-state index contributed by atoms with van der Waals surface area (Å²) in [4.78, 5) is 102. The molecule has 0 unspecified atom stereocenters. The lowest BCUT2D eigenvalue weighted by atomic mass is 9.93. The van der Waals surface area contributed by atoms with Crippen molar-refractivity contribution in [3.63, 3.8) is 0 Å². The molecule has 16 nitrogen and oxygen atoms in total. The predicted molar refractivity (Wildman–Crippen MR) is 248 cm³/mol. The Morgan fingerprint density at radius 3 is 1.33 bits per heavy atom. The molecule has 348 valence electrons. The molecule has 7 amide bonds. The zero-order valence-electron chi connectivity index (χ0n) is 38.7. The molecule has 0 saturated carbocycles. The molecule has 64 heavy (non-hydrogen) atoms. The highest BCUT2D eigenvalue weighted by Crippen LogP contribution is 2.22. The van der Waals surface area contributed by atoms with E-state index in [2.05, 4.69) is 41.9 Å². The molecule has 16 heteroatoms. The van der Waals surface area contributed by atoms with Gasteiger partial charge < -0.3 is 47.6 Å². The highest BCUT2D eigenvalue weighted by Gasteiger charge is 2.37. The molecule has 0 radical (unpaired) electrons. The van der Waals surface area contributed by atoms with E-state index in [9.17, 15) is 33.6 Å². The van der Waals surface area contributed by atoms with Gasteiger partial charge in [0.25, 0.3) is 0 Å². The van der Waals surface area contributed by atoms with E-state index in [1.54, 1.807) is 26.2 Å². The molecule has 0 bridgehead atoms. The summed E-state index contributed by atoms with van der Waals surface area (Å²) in [6.45, 7) is 16.3. The van der Waals surface area contributed by atoms with Crippen LogP contribution in [0.5, 0.6) is 0 Å². The average molecular weight is 884 g/mol. The standard InChI is InChI=1S/C48H69N9O7/c1-10-28(7)41(47(63)55-39(21-27(5)6)45(61)53-37(43(49)59)22-31-24-50-35-18-14-12-16-33(31)35)57-48(64)42(29(8)11-2)56-46(62)40(23-32-25-51-36-19-15-13-17-34(32)36)54-44(60)38(20-26(3)4)52-30(9)58/h12-19,24-29,37-42,50-51H,10-11,20-23H2,1-9H3,(H2,49,59)(H,52,58)(H,53,61)(H,54,60)(H,55,63)(H,56,62)(H,57,64)/t28-,29-,37+,38+,39+,40+,41+,42+/m0/s1. The molecule has 0 fully saturated rings. The zero-order chi connectivity index (χ0) is 47.2. The van der Waals surface area contributed by atoms with Gasteiger partial charge in [-0.15, -0.1) is 0 Å². The van der Waals surface area contributed by atoms with E-state index >= 15 is 0 Å². The van der Waals surface area contributed by atoms with Gasteiger partial charge in [0.15, 0.2) is 0 Å². The number of fused-ring (bicyclic) bond motifs is 2. The maximum Gasteiger partial charge on any atom is 0.243 e. The van der Waals surface area contributed by atoms with E-state index in [0.29, 0.717) is 19.3 Å². The van der Waals surface area contributed by atoms with E-state index in [-0.39, 0.29) is 37.0 Å². The smallest absolute Gasteiger partial charge is 0.243 e. The summed E-state index contributed by atoms with van der Waals surface area (Å²) >= 11 is 0. The first-order valence-corrected chi connectivity index (χ1v) is 22.5. The number of aromatic nitrogens is 2. The minimum Gasteiger partial charge on any atom is -0.368 e. The summed E-state index contributed by atoms with van der Waals surface area (Å²) in [7, 11) is 0. The van der Waals surface area contributed by atoms with Crippen molar-refractivity contribution in [1.82, 2.24) is 41.9 Å². The number of hydrogen-bond donors (Lipinski definition) is 9. The lowest BCUT2D eigenvalue weighted by Crippen LogP contribution is -2.62. The molecule has 10 N–H and O–H groups in total. The number of nitrogens with two attached hydrogens (primary N) is 1. The normalized spacial score (nSPS) is 15.3. The number of H-pyrrole nitrogens is 2. The Balaban J connectivity index is 1.57. The van der Waals surface area contributed by atoms with Gasteiger partial charge in [-0.2, -0.15) is 0 Å². The fourth-order valence-electron chi connectivity index (χ4n) is 7.83. The zero-order valence-corrected chi connectivity index (χ0v) is 38.7. The first kappa shape index (κ1) is 50.5. The van der Waals surface area contributed by atoms with Crippen LogP contribution in [0.2, 0.25) is 0 Å². The molecular weight excluding hydrogens is 815 g/mol. The van der Waals surface area contributed by atoms with Gasteiger partial charge in [0, 0.05) is 54.0 Å². The Labute approximate surface area is 376 Å². The number of benzene rings is 2. The van der Waals surface area contributed by atoms with Crippen molar-refractivity contribution in [3.8, 4) is 0 Å². The molecule has 0 aliphatic rings. The molecule has 0 spiro atoms. The number of hydrogen-bond acceptors (Lipinski definition) is 7. The predicted octanol–water partition coefficient (Wildman–Crippen LogP) is 4.03. The third kappa shape index (κ3) is 13.9. The Morgan fingerprint density at radius 1 is 0.516 bits per heavy atom. The summed E-state index contributed by atoms with van der Waals surface area (Å²) in [5.41, 5.74) is 9.05. The first-order valence-electron chi connectivity index (χ1n) is 22.5. The monoisotopic (exact) mass is 884 g/mol. The van der Waals surface area contributed by atoms with Crippen molar-refractivity contribution in [1.29, 1.82) is 0 Å². The number of rotatable bonds is 24. The van der Waals surface area contributed by atoms with Crippen LogP contribution in [0.15, 0.2) is 60.9 Å². The molecule has 0 aliphatic carbocycles. The van der Waals surface area contributed by atoms with E-state index < -0.39 is 83.5 Å². The van der Waals surface area contributed by atoms with Crippen molar-refractivity contribution in [2.75, 3.05) is 0 Å². The van der Waals surface area contributed by atoms with Crippen LogP contribution in [0.1, 0.15) is 99.1 Å². The molecule has 2 aromatic carbocycles. The van der Waals surface area contributed by atoms with Crippen molar-refractivity contribution in [3.05, 3.63) is 72.1 Å². The van der Waals surface area contributed by atoms with Crippen LogP contribution < -0.4 is 37.6 Å². The SMILES string of the molecule is CC[C@H](C)[C@@H](NC(=O)[C@@H](Cc1c[nH]c2ccccc12)NC(=O)[C@@H](CC(C)C)NC(C)=O)C(=O)N[C@@H](C(=O)N[C@H](CC(C)C)C(=O)N[C@H](Cc1c[nH]c2ccccc12)C(N)=O)[C@@H](C)CC. The van der Waals surface area contributed by atoms with Crippen LogP contribution in [-0.4, -0.2) is 87.6 Å². The second-order valence-corrected chi connectivity index (χ2v) is 18.0. The van der Waals surface area contributed by atoms with E-state index in [0.717, 1.165) is 32.9 Å². The summed E-state index contributed by atoms with van der Waals surface area (Å²) in [5.74, 6) is -4.92. The van der Waals surface area contributed by atoms with Crippen molar-refractivity contribution >= 4 is 63.2 Å². The molecule has 0 aliphatic heterocycles. The Hall–Kier alpha value is -6.19. The van der Waals surface area contributed by atoms with Gasteiger partial charge in [0.05, 0.1) is 0 Å². The van der Waals surface area contributed by atoms with Gasteiger partial charge in [-0.1, -0.05) is 105 Å². The van der Waals surface area contributed by atoms with Crippen LogP contribution in [0.3, 0.4) is 0 Å². The quantitative estimate of drug-likeness (QED) is 0.0500. The fourth-order valence-corrected chi connectivity index (χ4v) is 7.83. The second-order valence-electron chi connectivity index (χ2n) is 18.0. The van der Waals surface area contributed by atoms with Crippen LogP contribution >= 0.6 is 0 Å². The molecule has 0 saturated heterocycles. The molecule has 4 aromatic rings. The summed E-state index contributed by atoms with van der Waals surface area (Å²) in [6.07, 6.45) is 5.27. The van der Waals surface area contributed by atoms with Crippen molar-refractivity contribution in [2.45, 2.75) is 137 Å². The molecule has 2 heterocycles. The number of carbonyl (C=O) groups is 7. The highest BCUT2D eigenvalue weighted by atomic mass is 16.2. The first-order chi connectivity index (χ1) is 30.3. The molecule has 2 aromatic heterocycles. The molecular formula is C48H69N9O7. The highest BCUT2D eigenvalue weighted by molar-refractivity contribution is 5.98. The third-order valence-corrected chi connectivity index (χ3v) is 11.8. The van der Waals surface area contributed by atoms with Crippen LogP contribution in [-0.2, 0) is 46.4 Å². The van der Waals surface area contributed by atoms with Gasteiger partial charge >= 0.3 is 0 Å². The van der Waals surface area contributed by atoms with Crippen LogP contribution in [0.4, 0.5) is 0 Å². The number of para-hydroxylation sites is 2. The minimum atomic E-state index is -1.15. The van der Waals surface area contributed by atoms with Gasteiger partial charge in [-0.05, 0) is 59.8 Å². The minimum absolute atomic E-state index is 0.0464. The summed E-state index contributed by atoms with van der Waals surface area (Å²) in [6, 6.07) is 8.69. The second kappa shape index (κ2) is 23.5. The van der Waals surface area contributed by atoms with Gasteiger partial charge in [0.1, 0.15) is 36.3 Å². The lowest BCUT2D eigenvalue weighted by Gasteiger charge is -2.31. The van der Waals surface area contributed by atoms with E-state index in [1.165, 1.54) is 6.92 Å². The van der Waals surface area contributed by atoms with E-state index in [1.807, 2.05) is 90.1 Å². The molecule has 4 rings (SSSR count). The summed E-state index contributed by atoms with van der Waals surface area (Å²) in [5, 5.41) is 18.7. The average Bonchev–Trinajstić information content (AvgIpc) is 3.86. The maximum atomic E-state index is 14.4. The number of aromatic amines is 2. The third-order valence-electron chi connectivity index (χ3n) is 11.8. The number of carbonyl (C=O) groups excluding carboxylic acids is 7. The Bertz CT molecular complexity index is 2250. The van der Waals surface area contributed by atoms with Crippen LogP contribution in [0.25, 0.3) is 21.8 Å². The largest absolute Gasteiger partial charge is 0.368 e. The van der Waals surface area contributed by atoms with E-state index in [4.69, 9.17) is 5.73 Å². The maximum absolute atomic E-state index is 14.4. The number of amides is 7. The number of nitrogens with one attached hydrogen (secondary N) is 8. The Morgan fingerprint density at radius 2 is 0.891 bits per heavy atom. The van der Waals surface area contributed by atoms with Gasteiger partial charge in [0.2, 0.25) is 41.4 Å². The fraction of sp³-hybridized carbons (Fsp3) is 0.521. The summed E-state index contributed by atoms with van der Waals surface area (Å²) < 4.78 is 0. The van der Waals surface area contributed by atoms with Crippen LogP contribution in [0, 0.1) is 23.7 Å². The van der Waals surface area contributed by atoms with Gasteiger partial charge in [-0.25, -0.2) is 0 Å². The van der Waals surface area contributed by atoms with Gasteiger partial charge in [-0.3, -0.25) is 33.6 Å². The molecule has 8 atom stereocenters. The van der Waals surface area contributed by atoms with Crippen molar-refractivity contribution < 1.29 is 33.6 Å². The topological polar surface area (TPSA) is 249 Å². The lowest BCUT2D eigenvalue weighted by molar-refractivity contribution is -0.136. The van der Waals surface area contributed by atoms with Crippen molar-refractivity contribution in [2.24, 2.45) is 29.4 Å². The number of primary amides is 1. The Kier molecular flexibility index (Phi) is 18.5.